The third-order valence-electron chi connectivity index (χ3n) is 3.99. The number of ketones is 1. The van der Waals surface area contributed by atoms with Crippen LogP contribution in [0.3, 0.4) is 0 Å². The summed E-state index contributed by atoms with van der Waals surface area (Å²) in [7, 11) is 0. The smallest absolute Gasteiger partial charge is 0.220 e. The van der Waals surface area contributed by atoms with Crippen LogP contribution in [-0.4, -0.2) is 23.8 Å². The Morgan fingerprint density at radius 2 is 1.86 bits per heavy atom. The summed E-state index contributed by atoms with van der Waals surface area (Å²) in [6.07, 6.45) is 3.79. The van der Waals surface area contributed by atoms with Gasteiger partial charge in [-0.2, -0.15) is 0 Å². The minimum absolute atomic E-state index is 0. The average Bonchev–Trinajstić information content (AvgIpc) is 2.91. The molecule has 122 valence electrons. The van der Waals surface area contributed by atoms with Gasteiger partial charge in [0, 0.05) is 30.5 Å². The minimum Gasteiger partial charge on any atom is -0.350 e. The summed E-state index contributed by atoms with van der Waals surface area (Å²) in [5.41, 5.74) is 8.51. The topological polar surface area (TPSA) is 72.2 Å². The van der Waals surface area contributed by atoms with Crippen LogP contribution in [0.1, 0.15) is 54.6 Å². The van der Waals surface area contributed by atoms with Crippen molar-refractivity contribution in [3.8, 4) is 0 Å². The van der Waals surface area contributed by atoms with Crippen molar-refractivity contribution in [2.24, 2.45) is 5.73 Å². The molecule has 0 heterocycles. The summed E-state index contributed by atoms with van der Waals surface area (Å²) in [4.78, 5) is 24.0. The second-order valence-corrected chi connectivity index (χ2v) is 6.40. The van der Waals surface area contributed by atoms with Crippen molar-refractivity contribution in [1.29, 1.82) is 0 Å². The molecule has 0 saturated heterocycles. The van der Waals surface area contributed by atoms with E-state index >= 15 is 0 Å². The van der Waals surface area contributed by atoms with E-state index in [0.29, 0.717) is 6.54 Å². The highest BCUT2D eigenvalue weighted by atomic mass is 35.5. The predicted octanol–water partition coefficient (Wildman–Crippen LogP) is 2.41. The van der Waals surface area contributed by atoms with Gasteiger partial charge in [0.2, 0.25) is 5.91 Å². The van der Waals surface area contributed by atoms with Gasteiger partial charge in [-0.3, -0.25) is 9.59 Å². The van der Waals surface area contributed by atoms with Crippen LogP contribution in [0, 0.1) is 0 Å². The standard InChI is InChI=1S/C17H24N2O2.ClH/c1-17(2,11-18)19-16(21)9-8-15(20)14-7-6-12-4-3-5-13(12)10-14;/h6-7,10H,3-5,8-9,11,18H2,1-2H3,(H,19,21);1H. The molecule has 0 radical (unpaired) electrons. The van der Waals surface area contributed by atoms with Crippen molar-refractivity contribution < 1.29 is 9.59 Å². The van der Waals surface area contributed by atoms with Crippen LogP contribution < -0.4 is 11.1 Å². The molecule has 5 heteroatoms. The van der Waals surface area contributed by atoms with E-state index in [2.05, 4.69) is 5.32 Å². The van der Waals surface area contributed by atoms with Crippen LogP contribution in [0.5, 0.6) is 0 Å². The summed E-state index contributed by atoms with van der Waals surface area (Å²) in [5.74, 6) is -0.0923. The van der Waals surface area contributed by atoms with E-state index in [1.54, 1.807) is 0 Å². The zero-order chi connectivity index (χ0) is 15.5. The highest BCUT2D eigenvalue weighted by Crippen LogP contribution is 2.23. The summed E-state index contributed by atoms with van der Waals surface area (Å²) in [6, 6.07) is 5.92. The van der Waals surface area contributed by atoms with E-state index in [-0.39, 0.29) is 36.9 Å². The van der Waals surface area contributed by atoms with Gasteiger partial charge in [0.1, 0.15) is 0 Å². The normalized spacial score (nSPS) is 13.2. The highest BCUT2D eigenvalue weighted by molar-refractivity contribution is 5.98. The number of carbonyl (C=O) groups excluding carboxylic acids is 2. The van der Waals surface area contributed by atoms with E-state index < -0.39 is 5.54 Å². The van der Waals surface area contributed by atoms with Gasteiger partial charge in [-0.1, -0.05) is 12.1 Å². The second-order valence-electron chi connectivity index (χ2n) is 6.40. The monoisotopic (exact) mass is 324 g/mol. The molecule has 1 aliphatic rings. The Balaban J connectivity index is 0.00000242. The Labute approximate surface area is 138 Å². The van der Waals surface area contributed by atoms with Gasteiger partial charge in [-0.05, 0) is 50.3 Å². The Hall–Kier alpha value is -1.39. The number of nitrogens with two attached hydrogens (primary N) is 1. The molecule has 1 aromatic carbocycles. The van der Waals surface area contributed by atoms with Crippen LogP contribution in [0.25, 0.3) is 0 Å². The Kier molecular flexibility index (Phi) is 6.57. The molecule has 1 amide bonds. The van der Waals surface area contributed by atoms with Gasteiger partial charge in [-0.15, -0.1) is 12.4 Å². The minimum atomic E-state index is -0.423. The number of fused-ring (bicyclic) bond motifs is 1. The van der Waals surface area contributed by atoms with Gasteiger partial charge in [0.15, 0.2) is 5.78 Å². The van der Waals surface area contributed by atoms with Crippen molar-refractivity contribution in [2.75, 3.05) is 6.54 Å². The quantitative estimate of drug-likeness (QED) is 0.789. The van der Waals surface area contributed by atoms with E-state index in [0.717, 1.165) is 18.4 Å². The molecule has 0 fully saturated rings. The summed E-state index contributed by atoms with van der Waals surface area (Å²) >= 11 is 0. The molecule has 0 atom stereocenters. The molecule has 0 bridgehead atoms. The number of amides is 1. The SMILES string of the molecule is CC(C)(CN)NC(=O)CCC(=O)c1ccc2c(c1)CCC2.Cl. The first kappa shape index (κ1) is 18.7. The highest BCUT2D eigenvalue weighted by Gasteiger charge is 2.19. The van der Waals surface area contributed by atoms with E-state index in [9.17, 15) is 9.59 Å². The van der Waals surface area contributed by atoms with Crippen LogP contribution >= 0.6 is 12.4 Å². The number of benzene rings is 1. The fourth-order valence-corrected chi connectivity index (χ4v) is 2.61. The van der Waals surface area contributed by atoms with Crippen LogP contribution in [0.2, 0.25) is 0 Å². The molecule has 0 aliphatic heterocycles. The van der Waals surface area contributed by atoms with Crippen LogP contribution in [0.4, 0.5) is 0 Å². The molecule has 0 aromatic heterocycles. The van der Waals surface area contributed by atoms with E-state index in [4.69, 9.17) is 5.73 Å². The number of hydrogen-bond donors (Lipinski definition) is 2. The third kappa shape index (κ3) is 4.82. The molecular weight excluding hydrogens is 300 g/mol. The lowest BCUT2D eigenvalue weighted by Gasteiger charge is -2.24. The zero-order valence-corrected chi connectivity index (χ0v) is 14.1. The van der Waals surface area contributed by atoms with Crippen LogP contribution in [0.15, 0.2) is 18.2 Å². The molecule has 2 rings (SSSR count). The predicted molar refractivity (Wildman–Crippen MR) is 90.6 cm³/mol. The number of nitrogens with one attached hydrogen (secondary N) is 1. The lowest BCUT2D eigenvalue weighted by molar-refractivity contribution is -0.122. The lowest BCUT2D eigenvalue weighted by Crippen LogP contribution is -2.48. The molecule has 22 heavy (non-hydrogen) atoms. The van der Waals surface area contributed by atoms with Crippen molar-refractivity contribution in [2.45, 2.75) is 51.5 Å². The summed E-state index contributed by atoms with van der Waals surface area (Å²) in [6.45, 7) is 4.11. The first-order valence-corrected chi connectivity index (χ1v) is 7.57. The fraction of sp³-hybridized carbons (Fsp3) is 0.529. The van der Waals surface area contributed by atoms with Crippen molar-refractivity contribution in [3.05, 3.63) is 34.9 Å². The first-order valence-electron chi connectivity index (χ1n) is 7.57. The molecule has 1 aliphatic carbocycles. The maximum Gasteiger partial charge on any atom is 0.220 e. The maximum absolute atomic E-state index is 12.2. The second kappa shape index (κ2) is 7.75. The van der Waals surface area contributed by atoms with Gasteiger partial charge >= 0.3 is 0 Å². The number of aryl methyl sites for hydroxylation is 2. The van der Waals surface area contributed by atoms with Crippen LogP contribution in [-0.2, 0) is 17.6 Å². The van der Waals surface area contributed by atoms with Gasteiger partial charge in [-0.25, -0.2) is 0 Å². The van der Waals surface area contributed by atoms with Crippen molar-refractivity contribution in [3.63, 3.8) is 0 Å². The lowest BCUT2D eigenvalue weighted by atomic mass is 10.0. The van der Waals surface area contributed by atoms with E-state index in [1.165, 1.54) is 17.5 Å². The molecule has 0 saturated carbocycles. The molecule has 0 unspecified atom stereocenters. The van der Waals surface area contributed by atoms with Crippen molar-refractivity contribution >= 4 is 24.1 Å². The molecule has 1 aromatic rings. The Morgan fingerprint density at radius 1 is 1.18 bits per heavy atom. The number of rotatable bonds is 6. The third-order valence-corrected chi connectivity index (χ3v) is 3.99. The number of carbonyl (C=O) groups is 2. The number of hydrogen-bond acceptors (Lipinski definition) is 3. The number of halogens is 1. The van der Waals surface area contributed by atoms with Gasteiger partial charge in [0.05, 0.1) is 0 Å². The summed E-state index contributed by atoms with van der Waals surface area (Å²) in [5, 5.41) is 2.84. The van der Waals surface area contributed by atoms with Gasteiger partial charge in [0.25, 0.3) is 0 Å². The molecule has 0 spiro atoms. The number of Topliss-reactive ketones (excluding diaryl/α,β-unsaturated/α-hetero) is 1. The molecular formula is C17H25ClN2O2. The summed E-state index contributed by atoms with van der Waals surface area (Å²) < 4.78 is 0. The first-order chi connectivity index (χ1) is 9.91. The molecule has 4 nitrogen and oxygen atoms in total. The zero-order valence-electron chi connectivity index (χ0n) is 13.3. The molecule has 3 N–H and O–H groups in total. The van der Waals surface area contributed by atoms with Crippen molar-refractivity contribution in [1.82, 2.24) is 5.32 Å². The Morgan fingerprint density at radius 3 is 2.55 bits per heavy atom. The average molecular weight is 325 g/mol. The maximum atomic E-state index is 12.2. The Bertz CT molecular complexity index is 556. The van der Waals surface area contributed by atoms with Gasteiger partial charge < -0.3 is 11.1 Å². The van der Waals surface area contributed by atoms with E-state index in [1.807, 2.05) is 32.0 Å². The fourth-order valence-electron chi connectivity index (χ4n) is 2.61. The largest absolute Gasteiger partial charge is 0.350 e.